The van der Waals surface area contributed by atoms with Gasteiger partial charge in [0.25, 0.3) is 0 Å². The minimum atomic E-state index is 0.681. The second-order valence-electron chi connectivity index (χ2n) is 3.19. The lowest BCUT2D eigenvalue weighted by atomic mass is 9.84. The van der Waals surface area contributed by atoms with Crippen LogP contribution in [0, 0.1) is 23.7 Å². The van der Waals surface area contributed by atoms with Gasteiger partial charge in [0, 0.05) is 5.57 Å². The first-order valence-electron chi connectivity index (χ1n) is 4.13. The molecule has 0 aliphatic heterocycles. The number of hydrogen-bond donors (Lipinski definition) is 0. The normalized spacial score (nSPS) is 33.5. The molecule has 0 saturated heterocycles. The molecule has 0 radical (unpaired) electrons. The van der Waals surface area contributed by atoms with Crippen LogP contribution in [0.5, 0.6) is 0 Å². The van der Waals surface area contributed by atoms with Gasteiger partial charge in [0.1, 0.15) is 0 Å². The van der Waals surface area contributed by atoms with Crippen molar-refractivity contribution in [2.24, 2.45) is 11.8 Å². The van der Waals surface area contributed by atoms with E-state index in [0.717, 1.165) is 5.92 Å². The van der Waals surface area contributed by atoms with Crippen LogP contribution >= 0.6 is 0 Å². The smallest absolute Gasteiger partial charge is 0.0563 e. The molecule has 10 heavy (non-hydrogen) atoms. The third kappa shape index (κ3) is 0.703. The Balaban J connectivity index is 2.02. The molecule has 0 aromatic carbocycles. The van der Waals surface area contributed by atoms with Gasteiger partial charge in [-0.3, -0.25) is 0 Å². The lowest BCUT2D eigenvalue weighted by Gasteiger charge is -2.18. The summed E-state index contributed by atoms with van der Waals surface area (Å²) in [6.45, 7) is 2.25. The summed E-state index contributed by atoms with van der Waals surface area (Å²) in [7, 11) is 0. The average Bonchev–Trinajstić information content (AvgIpc) is 2.08. The van der Waals surface area contributed by atoms with E-state index in [4.69, 9.17) is 0 Å². The van der Waals surface area contributed by atoms with E-state index in [-0.39, 0.29) is 0 Å². The molecular formula is C10H12. The molecule has 52 valence electrons. The van der Waals surface area contributed by atoms with E-state index in [1.54, 1.807) is 0 Å². The molecule has 0 bridgehead atoms. The van der Waals surface area contributed by atoms with Crippen LogP contribution in [0.3, 0.4) is 0 Å². The van der Waals surface area contributed by atoms with Crippen molar-refractivity contribution in [1.29, 1.82) is 0 Å². The number of allylic oxidation sites excluding steroid dienone is 2. The highest BCUT2D eigenvalue weighted by molar-refractivity contribution is 5.49. The van der Waals surface area contributed by atoms with Gasteiger partial charge in [0.05, 0.1) is 5.92 Å². The maximum atomic E-state index is 3.22. The maximum absolute atomic E-state index is 3.22. The molecule has 2 aliphatic carbocycles. The minimum absolute atomic E-state index is 0.681. The summed E-state index contributed by atoms with van der Waals surface area (Å²) in [6.07, 6.45) is 6.26. The van der Waals surface area contributed by atoms with Crippen molar-refractivity contribution < 1.29 is 0 Å². The zero-order chi connectivity index (χ0) is 6.97. The molecule has 0 aromatic rings. The van der Waals surface area contributed by atoms with Crippen molar-refractivity contribution >= 4 is 0 Å². The molecule has 0 aromatic heterocycles. The van der Waals surface area contributed by atoms with Crippen molar-refractivity contribution in [3.05, 3.63) is 11.6 Å². The second-order valence-corrected chi connectivity index (χ2v) is 3.19. The van der Waals surface area contributed by atoms with Crippen molar-refractivity contribution in [2.45, 2.75) is 26.2 Å². The fraction of sp³-hybridized carbons (Fsp3) is 0.600. The summed E-state index contributed by atoms with van der Waals surface area (Å²) in [5.74, 6) is 7.89. The zero-order valence-electron chi connectivity index (χ0n) is 6.35. The quantitative estimate of drug-likeness (QED) is 0.506. The molecular weight excluding hydrogens is 120 g/mol. The van der Waals surface area contributed by atoms with Crippen molar-refractivity contribution in [1.82, 2.24) is 0 Å². The predicted octanol–water partition coefficient (Wildman–Crippen LogP) is 2.37. The molecule has 2 atom stereocenters. The van der Waals surface area contributed by atoms with Crippen LogP contribution in [0.4, 0.5) is 0 Å². The van der Waals surface area contributed by atoms with E-state index in [9.17, 15) is 0 Å². The fourth-order valence-electron chi connectivity index (χ4n) is 1.86. The van der Waals surface area contributed by atoms with Gasteiger partial charge in [0.15, 0.2) is 0 Å². The van der Waals surface area contributed by atoms with Crippen LogP contribution in [0.1, 0.15) is 26.2 Å². The van der Waals surface area contributed by atoms with E-state index >= 15 is 0 Å². The Bertz CT molecular complexity index is 224. The molecule has 0 nitrogen and oxygen atoms in total. The molecule has 0 fully saturated rings. The van der Waals surface area contributed by atoms with Crippen LogP contribution in [-0.2, 0) is 0 Å². The average molecular weight is 132 g/mol. The highest BCUT2D eigenvalue weighted by atomic mass is 14.3. The summed E-state index contributed by atoms with van der Waals surface area (Å²) in [6, 6.07) is 0. The van der Waals surface area contributed by atoms with E-state index in [1.807, 2.05) is 0 Å². The first-order valence-corrected chi connectivity index (χ1v) is 4.13. The van der Waals surface area contributed by atoms with Crippen LogP contribution in [0.2, 0.25) is 0 Å². The summed E-state index contributed by atoms with van der Waals surface area (Å²) in [4.78, 5) is 0. The largest absolute Gasteiger partial charge is 0.0890 e. The molecule has 2 aliphatic rings. The third-order valence-electron chi connectivity index (χ3n) is 2.48. The Kier molecular flexibility index (Phi) is 1.31. The fourth-order valence-corrected chi connectivity index (χ4v) is 1.86. The summed E-state index contributed by atoms with van der Waals surface area (Å²) >= 11 is 0. The third-order valence-corrected chi connectivity index (χ3v) is 2.48. The first kappa shape index (κ1) is 6.04. The van der Waals surface area contributed by atoms with Gasteiger partial charge in [-0.25, -0.2) is 0 Å². The maximum Gasteiger partial charge on any atom is 0.0563 e. The predicted molar refractivity (Wildman–Crippen MR) is 42.4 cm³/mol. The highest BCUT2D eigenvalue weighted by Gasteiger charge is 2.30. The van der Waals surface area contributed by atoms with Crippen molar-refractivity contribution in [2.75, 3.05) is 0 Å². The van der Waals surface area contributed by atoms with Crippen LogP contribution in [-0.4, -0.2) is 0 Å². The van der Waals surface area contributed by atoms with Crippen molar-refractivity contribution in [3.8, 4) is 11.8 Å². The lowest BCUT2D eigenvalue weighted by Crippen LogP contribution is -2.13. The zero-order valence-corrected chi connectivity index (χ0v) is 6.35. The Morgan fingerprint density at radius 1 is 1.70 bits per heavy atom. The summed E-state index contributed by atoms with van der Waals surface area (Å²) in [5, 5.41) is 0. The molecule has 2 unspecified atom stereocenters. The van der Waals surface area contributed by atoms with Crippen LogP contribution < -0.4 is 0 Å². The molecule has 2 rings (SSSR count). The van der Waals surface area contributed by atoms with Crippen LogP contribution in [0.15, 0.2) is 11.6 Å². The Morgan fingerprint density at radius 3 is 3.10 bits per heavy atom. The molecule has 0 amide bonds. The monoisotopic (exact) mass is 132 g/mol. The Morgan fingerprint density at radius 2 is 2.60 bits per heavy atom. The Labute approximate surface area is 62.3 Å². The van der Waals surface area contributed by atoms with Gasteiger partial charge in [0.2, 0.25) is 0 Å². The molecule has 0 N–H and O–H groups in total. The van der Waals surface area contributed by atoms with Gasteiger partial charge in [-0.05, 0) is 18.8 Å². The van der Waals surface area contributed by atoms with E-state index in [0.29, 0.717) is 5.92 Å². The van der Waals surface area contributed by atoms with Gasteiger partial charge in [-0.15, -0.1) is 0 Å². The molecule has 0 saturated carbocycles. The first-order chi connectivity index (χ1) is 4.92. The number of fused-ring (bicyclic) bond motifs is 1. The number of rotatable bonds is 2. The van der Waals surface area contributed by atoms with Gasteiger partial charge in [-0.2, -0.15) is 0 Å². The minimum Gasteiger partial charge on any atom is -0.0890 e. The van der Waals surface area contributed by atoms with E-state index < -0.39 is 0 Å². The van der Waals surface area contributed by atoms with E-state index in [1.165, 1.54) is 24.8 Å². The van der Waals surface area contributed by atoms with Gasteiger partial charge in [-0.1, -0.05) is 31.3 Å². The van der Waals surface area contributed by atoms with Crippen LogP contribution in [0.25, 0.3) is 0 Å². The molecule has 0 heterocycles. The van der Waals surface area contributed by atoms with E-state index in [2.05, 4.69) is 24.8 Å². The molecule has 0 spiro atoms. The van der Waals surface area contributed by atoms with Gasteiger partial charge < -0.3 is 0 Å². The SMILES string of the molecule is CCCC1CC=C2C#CC21. The standard InChI is InChI=1S/C10H12/c1-2-3-8-4-5-9-6-7-10(8)9/h5,8,10H,2-4H2,1H3. The lowest BCUT2D eigenvalue weighted by molar-refractivity contribution is 0.443. The summed E-state index contributed by atoms with van der Waals surface area (Å²) in [5.41, 5.74) is 1.43. The summed E-state index contributed by atoms with van der Waals surface area (Å²) < 4.78 is 0. The Hall–Kier alpha value is -0.700. The second kappa shape index (κ2) is 2.16. The van der Waals surface area contributed by atoms with Crippen molar-refractivity contribution in [3.63, 3.8) is 0 Å². The number of hydrogen-bond acceptors (Lipinski definition) is 0. The van der Waals surface area contributed by atoms with Gasteiger partial charge >= 0.3 is 0 Å². The highest BCUT2D eigenvalue weighted by Crippen LogP contribution is 2.37. The molecule has 0 heteroatoms. The topological polar surface area (TPSA) is 0 Å².